The van der Waals surface area contributed by atoms with Gasteiger partial charge in [-0.2, -0.15) is 5.10 Å². The number of likely N-dealkylation sites (tertiary alicyclic amines) is 1. The zero-order valence-electron chi connectivity index (χ0n) is 17.2. The predicted octanol–water partition coefficient (Wildman–Crippen LogP) is 2.91. The maximum Gasteiger partial charge on any atom is 0.230 e. The Morgan fingerprint density at radius 2 is 1.77 bits per heavy atom. The van der Waals surface area contributed by atoms with E-state index in [1.165, 1.54) is 5.56 Å². The highest BCUT2D eigenvalue weighted by molar-refractivity contribution is 5.94. The number of hydrogen-bond donors (Lipinski definition) is 0. The minimum absolute atomic E-state index is 0.177. The molecule has 0 N–H and O–H groups in total. The smallest absolute Gasteiger partial charge is 0.230 e. The lowest BCUT2D eigenvalue weighted by molar-refractivity contribution is -0.123. The van der Waals surface area contributed by atoms with Gasteiger partial charge in [-0.25, -0.2) is 4.68 Å². The van der Waals surface area contributed by atoms with Crippen molar-refractivity contribution in [3.63, 3.8) is 0 Å². The molecular formula is C23H26N6O. The van der Waals surface area contributed by atoms with Gasteiger partial charge in [0.05, 0.1) is 24.7 Å². The number of aryl methyl sites for hydroxylation is 1. The summed E-state index contributed by atoms with van der Waals surface area (Å²) in [6.45, 7) is 5.36. The molecule has 1 fully saturated rings. The largest absolute Gasteiger partial charge is 0.299 e. The van der Waals surface area contributed by atoms with Crippen LogP contribution in [-0.4, -0.2) is 43.6 Å². The summed E-state index contributed by atoms with van der Waals surface area (Å²) in [5, 5.41) is 4.66. The summed E-state index contributed by atoms with van der Waals surface area (Å²) in [6, 6.07) is 10.1. The predicted molar refractivity (Wildman–Crippen MR) is 114 cm³/mol. The van der Waals surface area contributed by atoms with Gasteiger partial charge in [-0.15, -0.1) is 0 Å². The summed E-state index contributed by atoms with van der Waals surface area (Å²) < 4.78 is 2.11. The molecule has 1 saturated heterocycles. The van der Waals surface area contributed by atoms with Crippen LogP contribution in [0.2, 0.25) is 0 Å². The van der Waals surface area contributed by atoms with Gasteiger partial charge < -0.3 is 0 Å². The quantitative estimate of drug-likeness (QED) is 0.671. The van der Waals surface area contributed by atoms with Crippen LogP contribution in [0.4, 0.5) is 5.82 Å². The van der Waals surface area contributed by atoms with E-state index in [2.05, 4.69) is 36.8 Å². The Morgan fingerprint density at radius 1 is 0.967 bits per heavy atom. The van der Waals surface area contributed by atoms with Crippen molar-refractivity contribution in [2.75, 3.05) is 18.0 Å². The van der Waals surface area contributed by atoms with E-state index in [1.54, 1.807) is 12.4 Å². The van der Waals surface area contributed by atoms with Crippen LogP contribution in [0.5, 0.6) is 0 Å². The summed E-state index contributed by atoms with van der Waals surface area (Å²) in [5.41, 5.74) is 3.13. The number of aromatic nitrogens is 4. The molecule has 2 aliphatic heterocycles. The summed E-state index contributed by atoms with van der Waals surface area (Å²) in [5.74, 6) is 1.08. The van der Waals surface area contributed by atoms with E-state index in [9.17, 15) is 4.79 Å². The molecule has 2 aliphatic rings. The van der Waals surface area contributed by atoms with Crippen LogP contribution in [0.15, 0.2) is 55.1 Å². The van der Waals surface area contributed by atoms with Crippen LogP contribution in [-0.2, 0) is 23.4 Å². The number of hydrogen-bond acceptors (Lipinski definition) is 5. The number of piperidine rings is 1. The van der Waals surface area contributed by atoms with Crippen molar-refractivity contribution in [3.05, 3.63) is 71.9 Å². The maximum atomic E-state index is 13.2. The zero-order chi connectivity index (χ0) is 20.6. The molecule has 0 unspecified atom stereocenters. The van der Waals surface area contributed by atoms with Crippen LogP contribution in [0.3, 0.4) is 0 Å². The Hall–Kier alpha value is -3.06. The van der Waals surface area contributed by atoms with Crippen molar-refractivity contribution < 1.29 is 4.79 Å². The third kappa shape index (κ3) is 3.50. The molecule has 5 heterocycles. The molecule has 3 aromatic rings. The standard InChI is InChI=1S/C23H26N6O/c1-18-2-3-20(15-25-18)16-27-12-7-23(8-13-27)14-22(30)28(21-6-11-26-29(21)23)17-19-4-9-24-10-5-19/h2-6,9-11,15H,7-8,12-14,16-17H2,1H3. The number of anilines is 1. The van der Waals surface area contributed by atoms with E-state index in [0.717, 1.165) is 49.6 Å². The van der Waals surface area contributed by atoms with Gasteiger partial charge in [0.2, 0.25) is 5.91 Å². The number of fused-ring (bicyclic) bond motifs is 2. The Morgan fingerprint density at radius 3 is 2.50 bits per heavy atom. The molecule has 0 aliphatic carbocycles. The van der Waals surface area contributed by atoms with Gasteiger partial charge >= 0.3 is 0 Å². The summed E-state index contributed by atoms with van der Waals surface area (Å²) >= 11 is 0. The fourth-order valence-electron chi connectivity index (χ4n) is 4.65. The van der Waals surface area contributed by atoms with Crippen LogP contribution < -0.4 is 4.90 Å². The lowest BCUT2D eigenvalue weighted by Gasteiger charge is -2.46. The van der Waals surface area contributed by atoms with Crippen molar-refractivity contribution in [1.29, 1.82) is 0 Å². The van der Waals surface area contributed by atoms with Crippen molar-refractivity contribution in [1.82, 2.24) is 24.6 Å². The van der Waals surface area contributed by atoms with E-state index >= 15 is 0 Å². The van der Waals surface area contributed by atoms with E-state index in [1.807, 2.05) is 42.4 Å². The Labute approximate surface area is 176 Å². The third-order valence-electron chi connectivity index (χ3n) is 6.39. The van der Waals surface area contributed by atoms with Crippen LogP contribution in [0.1, 0.15) is 36.1 Å². The van der Waals surface area contributed by atoms with Crippen LogP contribution >= 0.6 is 0 Å². The van der Waals surface area contributed by atoms with Crippen LogP contribution in [0.25, 0.3) is 0 Å². The number of rotatable bonds is 4. The molecule has 0 bridgehead atoms. The van der Waals surface area contributed by atoms with E-state index in [4.69, 9.17) is 0 Å². The molecule has 0 aromatic carbocycles. The zero-order valence-corrected chi connectivity index (χ0v) is 17.2. The molecule has 5 rings (SSSR count). The lowest BCUT2D eigenvalue weighted by atomic mass is 9.82. The minimum Gasteiger partial charge on any atom is -0.299 e. The second-order valence-corrected chi connectivity index (χ2v) is 8.42. The molecule has 0 atom stereocenters. The monoisotopic (exact) mass is 402 g/mol. The molecule has 0 radical (unpaired) electrons. The minimum atomic E-state index is -0.216. The van der Waals surface area contributed by atoms with Gasteiger partial charge in [0.15, 0.2) is 0 Å². The van der Waals surface area contributed by atoms with Crippen molar-refractivity contribution in [3.8, 4) is 0 Å². The van der Waals surface area contributed by atoms with E-state index in [-0.39, 0.29) is 11.4 Å². The molecule has 7 nitrogen and oxygen atoms in total. The molecule has 7 heteroatoms. The average molecular weight is 403 g/mol. The number of carbonyl (C=O) groups excluding carboxylic acids is 1. The Bertz CT molecular complexity index is 1020. The van der Waals surface area contributed by atoms with Crippen molar-refractivity contribution >= 4 is 11.7 Å². The van der Waals surface area contributed by atoms with E-state index < -0.39 is 0 Å². The van der Waals surface area contributed by atoms with E-state index in [0.29, 0.717) is 13.0 Å². The van der Waals surface area contributed by atoms with Crippen LogP contribution in [0, 0.1) is 6.92 Å². The van der Waals surface area contributed by atoms with Crippen molar-refractivity contribution in [2.45, 2.75) is 44.8 Å². The highest BCUT2D eigenvalue weighted by atomic mass is 16.2. The van der Waals surface area contributed by atoms with Crippen molar-refractivity contribution in [2.24, 2.45) is 0 Å². The number of nitrogens with zero attached hydrogens (tertiary/aromatic N) is 6. The maximum absolute atomic E-state index is 13.2. The molecular weight excluding hydrogens is 376 g/mol. The Balaban J connectivity index is 1.32. The molecule has 30 heavy (non-hydrogen) atoms. The van der Waals surface area contributed by atoms with Gasteiger partial charge in [0.25, 0.3) is 0 Å². The second-order valence-electron chi connectivity index (χ2n) is 8.42. The fraction of sp³-hybridized carbons (Fsp3) is 0.391. The summed E-state index contributed by atoms with van der Waals surface area (Å²) in [6.07, 6.45) is 9.67. The Kier molecular flexibility index (Phi) is 4.83. The van der Waals surface area contributed by atoms with Gasteiger partial charge in [-0.05, 0) is 49.1 Å². The lowest BCUT2D eigenvalue weighted by Crippen LogP contribution is -2.53. The van der Waals surface area contributed by atoms with Gasteiger partial charge in [0, 0.05) is 50.0 Å². The molecule has 3 aromatic heterocycles. The summed E-state index contributed by atoms with van der Waals surface area (Å²) in [7, 11) is 0. The van der Waals surface area contributed by atoms with Gasteiger partial charge in [-0.3, -0.25) is 24.6 Å². The molecule has 1 spiro atoms. The SMILES string of the molecule is Cc1ccc(CN2CCC3(CC2)CC(=O)N(Cc2ccncc2)c2ccnn23)cn1. The topological polar surface area (TPSA) is 67.2 Å². The first-order chi connectivity index (χ1) is 14.6. The third-order valence-corrected chi connectivity index (χ3v) is 6.39. The summed E-state index contributed by atoms with van der Waals surface area (Å²) in [4.78, 5) is 26.0. The van der Waals surface area contributed by atoms with Gasteiger partial charge in [0.1, 0.15) is 5.82 Å². The van der Waals surface area contributed by atoms with Gasteiger partial charge in [-0.1, -0.05) is 6.07 Å². The number of amides is 1. The first-order valence-corrected chi connectivity index (χ1v) is 10.5. The molecule has 1 amide bonds. The molecule has 0 saturated carbocycles. The highest BCUT2D eigenvalue weighted by Gasteiger charge is 2.45. The first kappa shape index (κ1) is 18.9. The molecule has 154 valence electrons. The normalized spacial score (nSPS) is 18.6. The fourth-order valence-corrected chi connectivity index (χ4v) is 4.65. The second kappa shape index (κ2) is 7.65. The first-order valence-electron chi connectivity index (χ1n) is 10.5. The average Bonchev–Trinajstić information content (AvgIpc) is 3.26. The number of carbonyl (C=O) groups is 1. The highest BCUT2D eigenvalue weighted by Crippen LogP contribution is 2.41. The number of pyridine rings is 2.